The maximum atomic E-state index is 11.4. The van der Waals surface area contributed by atoms with Crippen LogP contribution in [-0.2, 0) is 19.1 Å². The molecule has 6 nitrogen and oxygen atoms in total. The highest BCUT2D eigenvalue weighted by Crippen LogP contribution is 2.30. The van der Waals surface area contributed by atoms with Crippen molar-refractivity contribution in [3.8, 4) is 0 Å². The minimum atomic E-state index is -0.874. The van der Waals surface area contributed by atoms with Crippen molar-refractivity contribution in [1.29, 1.82) is 0 Å². The fourth-order valence-corrected chi connectivity index (χ4v) is 1.78. The highest BCUT2D eigenvalue weighted by atomic mass is 16.5. The maximum Gasteiger partial charge on any atom is 0.311 e. The van der Waals surface area contributed by atoms with Crippen LogP contribution in [0.3, 0.4) is 0 Å². The Hall–Kier alpha value is -1.14. The first kappa shape index (κ1) is 13.9. The van der Waals surface area contributed by atoms with Crippen LogP contribution >= 0.6 is 0 Å². The van der Waals surface area contributed by atoms with Gasteiger partial charge in [-0.1, -0.05) is 0 Å². The van der Waals surface area contributed by atoms with E-state index >= 15 is 0 Å². The molecule has 1 aliphatic heterocycles. The lowest BCUT2D eigenvalue weighted by atomic mass is 9.80. The molecule has 0 aliphatic carbocycles. The Labute approximate surface area is 100 Å². The third kappa shape index (κ3) is 3.98. The van der Waals surface area contributed by atoms with E-state index in [2.05, 4.69) is 5.32 Å². The van der Waals surface area contributed by atoms with Crippen molar-refractivity contribution >= 4 is 11.9 Å². The number of hydrogen-bond acceptors (Lipinski definition) is 4. The summed E-state index contributed by atoms with van der Waals surface area (Å²) in [7, 11) is 1.52. The predicted octanol–water partition coefficient (Wildman–Crippen LogP) is 0.0205. The first-order valence-electron chi connectivity index (χ1n) is 5.67. The van der Waals surface area contributed by atoms with Crippen LogP contribution in [0.5, 0.6) is 0 Å². The van der Waals surface area contributed by atoms with Gasteiger partial charge < -0.3 is 19.9 Å². The number of rotatable bonds is 6. The second-order valence-corrected chi connectivity index (χ2v) is 4.22. The van der Waals surface area contributed by atoms with Crippen LogP contribution in [0.4, 0.5) is 0 Å². The summed E-state index contributed by atoms with van der Waals surface area (Å²) in [6, 6.07) is 0. The molecule has 2 N–H and O–H groups in total. The van der Waals surface area contributed by atoms with E-state index in [1.807, 2.05) is 0 Å². The topological polar surface area (TPSA) is 84.9 Å². The molecule has 1 rings (SSSR count). The van der Waals surface area contributed by atoms with E-state index in [9.17, 15) is 14.7 Å². The molecular formula is C11H19NO5. The molecular weight excluding hydrogens is 226 g/mol. The number of carbonyl (C=O) groups is 2. The van der Waals surface area contributed by atoms with Gasteiger partial charge in [0.25, 0.3) is 0 Å². The summed E-state index contributed by atoms with van der Waals surface area (Å²) in [5, 5.41) is 11.9. The Morgan fingerprint density at radius 3 is 2.59 bits per heavy atom. The number of hydrogen-bond donors (Lipinski definition) is 2. The van der Waals surface area contributed by atoms with Gasteiger partial charge in [-0.2, -0.15) is 0 Å². The van der Waals surface area contributed by atoms with Crippen molar-refractivity contribution in [2.45, 2.75) is 19.3 Å². The zero-order valence-corrected chi connectivity index (χ0v) is 10.0. The molecule has 98 valence electrons. The van der Waals surface area contributed by atoms with Gasteiger partial charge in [0.15, 0.2) is 0 Å². The average Bonchev–Trinajstić information content (AvgIpc) is 2.34. The summed E-state index contributed by atoms with van der Waals surface area (Å²) < 4.78 is 9.93. The molecule has 0 aromatic rings. The fraction of sp³-hybridized carbons (Fsp3) is 0.818. The Kier molecular flexibility index (Phi) is 5.37. The van der Waals surface area contributed by atoms with Gasteiger partial charge >= 0.3 is 5.97 Å². The van der Waals surface area contributed by atoms with Crippen LogP contribution < -0.4 is 5.32 Å². The molecule has 1 aliphatic rings. The van der Waals surface area contributed by atoms with Gasteiger partial charge in [-0.05, 0) is 12.8 Å². The van der Waals surface area contributed by atoms with Crippen LogP contribution in [0.15, 0.2) is 0 Å². The molecule has 1 heterocycles. The minimum absolute atomic E-state index is 0.161. The second kappa shape index (κ2) is 6.56. The van der Waals surface area contributed by atoms with E-state index in [0.29, 0.717) is 32.7 Å². The first-order chi connectivity index (χ1) is 8.10. The molecule has 6 heteroatoms. The molecule has 1 amide bonds. The van der Waals surface area contributed by atoms with Crippen molar-refractivity contribution in [2.75, 3.05) is 33.5 Å². The van der Waals surface area contributed by atoms with Crippen LogP contribution in [0.25, 0.3) is 0 Å². The molecule has 0 aromatic carbocycles. The zero-order valence-electron chi connectivity index (χ0n) is 10.0. The highest BCUT2D eigenvalue weighted by molar-refractivity contribution is 5.79. The Morgan fingerprint density at radius 2 is 2.06 bits per heavy atom. The summed E-state index contributed by atoms with van der Waals surface area (Å²) >= 11 is 0. The standard InChI is InChI=1S/C11H19NO5/c1-16-5-2-9(13)12-8-11(10(14)15)3-6-17-7-4-11/h2-8H2,1H3,(H,12,13)(H,14,15). The van der Waals surface area contributed by atoms with E-state index in [4.69, 9.17) is 9.47 Å². The van der Waals surface area contributed by atoms with Crippen LogP contribution in [0.2, 0.25) is 0 Å². The summed E-state index contributed by atoms with van der Waals surface area (Å²) in [6.45, 7) is 1.36. The Bertz CT molecular complexity index is 273. The monoisotopic (exact) mass is 245 g/mol. The second-order valence-electron chi connectivity index (χ2n) is 4.22. The smallest absolute Gasteiger partial charge is 0.311 e. The fourth-order valence-electron chi connectivity index (χ4n) is 1.78. The first-order valence-corrected chi connectivity index (χ1v) is 5.67. The average molecular weight is 245 g/mol. The third-order valence-corrected chi connectivity index (χ3v) is 3.06. The SMILES string of the molecule is COCCC(=O)NCC1(C(=O)O)CCOCC1. The number of amides is 1. The van der Waals surface area contributed by atoms with Crippen molar-refractivity contribution in [1.82, 2.24) is 5.32 Å². The van der Waals surface area contributed by atoms with Gasteiger partial charge in [0.2, 0.25) is 5.91 Å². The molecule has 1 fully saturated rings. The largest absolute Gasteiger partial charge is 0.481 e. The molecule has 0 atom stereocenters. The Balaban J connectivity index is 2.44. The van der Waals surface area contributed by atoms with Gasteiger partial charge in [0.05, 0.1) is 12.0 Å². The van der Waals surface area contributed by atoms with E-state index in [0.717, 1.165) is 0 Å². The summed E-state index contributed by atoms with van der Waals surface area (Å²) in [5.41, 5.74) is -0.874. The quantitative estimate of drug-likeness (QED) is 0.689. The lowest BCUT2D eigenvalue weighted by molar-refractivity contribution is -0.154. The summed E-state index contributed by atoms with van der Waals surface area (Å²) in [6.07, 6.45) is 1.13. The number of carbonyl (C=O) groups excluding carboxylic acids is 1. The van der Waals surface area contributed by atoms with Crippen molar-refractivity contribution in [3.63, 3.8) is 0 Å². The normalized spacial score (nSPS) is 18.6. The van der Waals surface area contributed by atoms with E-state index in [1.54, 1.807) is 0 Å². The van der Waals surface area contributed by atoms with Gasteiger partial charge in [-0.3, -0.25) is 9.59 Å². The summed E-state index contributed by atoms with van der Waals surface area (Å²) in [5.74, 6) is -1.05. The highest BCUT2D eigenvalue weighted by Gasteiger charge is 2.40. The lowest BCUT2D eigenvalue weighted by Gasteiger charge is -2.33. The summed E-state index contributed by atoms with van der Waals surface area (Å²) in [4.78, 5) is 22.7. The molecule has 1 saturated heterocycles. The van der Waals surface area contributed by atoms with Crippen molar-refractivity contribution < 1.29 is 24.2 Å². The van der Waals surface area contributed by atoms with Crippen LogP contribution in [-0.4, -0.2) is 50.5 Å². The number of carboxylic acids is 1. The molecule has 0 radical (unpaired) electrons. The Morgan fingerprint density at radius 1 is 1.41 bits per heavy atom. The number of aliphatic carboxylic acids is 1. The van der Waals surface area contributed by atoms with Gasteiger partial charge in [-0.25, -0.2) is 0 Å². The third-order valence-electron chi connectivity index (χ3n) is 3.06. The maximum absolute atomic E-state index is 11.4. The molecule has 0 aromatic heterocycles. The number of carboxylic acid groups (broad SMARTS) is 1. The molecule has 0 saturated carbocycles. The molecule has 17 heavy (non-hydrogen) atoms. The van der Waals surface area contributed by atoms with Crippen molar-refractivity contribution in [3.05, 3.63) is 0 Å². The number of ether oxygens (including phenoxy) is 2. The number of nitrogens with one attached hydrogen (secondary N) is 1. The van der Waals surface area contributed by atoms with Crippen molar-refractivity contribution in [2.24, 2.45) is 5.41 Å². The minimum Gasteiger partial charge on any atom is -0.481 e. The van der Waals surface area contributed by atoms with Gasteiger partial charge in [0.1, 0.15) is 0 Å². The molecule has 0 spiro atoms. The predicted molar refractivity (Wildman–Crippen MR) is 59.6 cm³/mol. The van der Waals surface area contributed by atoms with E-state index < -0.39 is 11.4 Å². The van der Waals surface area contributed by atoms with Gasteiger partial charge in [0, 0.05) is 33.3 Å². The lowest BCUT2D eigenvalue weighted by Crippen LogP contribution is -2.46. The van der Waals surface area contributed by atoms with E-state index in [1.165, 1.54) is 7.11 Å². The molecule has 0 unspecified atom stereocenters. The van der Waals surface area contributed by atoms with Crippen LogP contribution in [0.1, 0.15) is 19.3 Å². The van der Waals surface area contributed by atoms with E-state index in [-0.39, 0.29) is 18.9 Å². The molecule has 0 bridgehead atoms. The zero-order chi connectivity index (χ0) is 12.7. The van der Waals surface area contributed by atoms with Crippen LogP contribution in [0, 0.1) is 5.41 Å². The number of methoxy groups -OCH3 is 1. The van der Waals surface area contributed by atoms with Gasteiger partial charge in [-0.15, -0.1) is 0 Å².